The molecule has 1 N–H and O–H groups in total. The van der Waals surface area contributed by atoms with Gasteiger partial charge in [0.2, 0.25) is 5.91 Å². The van der Waals surface area contributed by atoms with E-state index < -0.39 is 0 Å². The van der Waals surface area contributed by atoms with Gasteiger partial charge in [-0.05, 0) is 57.1 Å². The van der Waals surface area contributed by atoms with Gasteiger partial charge in [0.1, 0.15) is 6.04 Å². The van der Waals surface area contributed by atoms with Gasteiger partial charge in [-0.1, -0.05) is 18.2 Å². The zero-order valence-corrected chi connectivity index (χ0v) is 15.4. The minimum atomic E-state index is -0.350. The van der Waals surface area contributed by atoms with Gasteiger partial charge in [-0.2, -0.15) is 5.10 Å². The summed E-state index contributed by atoms with van der Waals surface area (Å²) >= 11 is 0. The number of para-hydroxylation sites is 1. The van der Waals surface area contributed by atoms with Crippen molar-refractivity contribution in [1.29, 1.82) is 0 Å². The summed E-state index contributed by atoms with van der Waals surface area (Å²) in [5.41, 5.74) is 3.73. The van der Waals surface area contributed by atoms with Crippen LogP contribution in [0.2, 0.25) is 0 Å². The van der Waals surface area contributed by atoms with Crippen molar-refractivity contribution in [2.75, 3.05) is 6.54 Å². The Morgan fingerprint density at radius 3 is 2.63 bits per heavy atom. The largest absolute Gasteiger partial charge is 0.352 e. The lowest BCUT2D eigenvalue weighted by molar-refractivity contribution is -0.125. The van der Waals surface area contributed by atoms with Gasteiger partial charge in [-0.15, -0.1) is 0 Å². The molecule has 0 unspecified atom stereocenters. The van der Waals surface area contributed by atoms with Crippen LogP contribution in [0.25, 0.3) is 5.69 Å². The molecule has 1 saturated carbocycles. The van der Waals surface area contributed by atoms with Crippen LogP contribution in [0.4, 0.5) is 0 Å². The van der Waals surface area contributed by atoms with E-state index in [1.165, 1.54) is 0 Å². The molecule has 2 amide bonds. The van der Waals surface area contributed by atoms with E-state index in [1.54, 1.807) is 4.90 Å². The van der Waals surface area contributed by atoms with Crippen molar-refractivity contribution < 1.29 is 9.59 Å². The number of amides is 2. The maximum absolute atomic E-state index is 13.3. The fourth-order valence-corrected chi connectivity index (χ4v) is 4.34. The first kappa shape index (κ1) is 16.5. The van der Waals surface area contributed by atoms with Crippen LogP contribution in [0.3, 0.4) is 0 Å². The molecule has 1 saturated heterocycles. The predicted octanol–water partition coefficient (Wildman–Crippen LogP) is 2.24. The Hall–Kier alpha value is -2.63. The van der Waals surface area contributed by atoms with Crippen LogP contribution < -0.4 is 5.32 Å². The van der Waals surface area contributed by atoms with Crippen molar-refractivity contribution in [3.05, 3.63) is 47.3 Å². The number of nitrogens with zero attached hydrogens (tertiary/aromatic N) is 3. The second-order valence-electron chi connectivity index (χ2n) is 7.81. The lowest BCUT2D eigenvalue weighted by Gasteiger charge is -2.23. The van der Waals surface area contributed by atoms with Crippen LogP contribution in [0.1, 0.15) is 53.8 Å². The molecule has 0 radical (unpaired) electrons. The standard InChI is InChI=1S/C21H24N4O2/c26-20(22-14-11-12-14)18-10-5-13-24(18)21(27)19-16-8-4-9-17(16)25(23-19)15-6-2-1-3-7-15/h1-3,6-7,14,18H,4-5,8-13H2,(H,22,26)/t18-/m0/s1. The number of carbonyl (C=O) groups excluding carboxylic acids is 2. The Kier molecular flexibility index (Phi) is 3.99. The van der Waals surface area contributed by atoms with Gasteiger partial charge in [0.25, 0.3) is 5.91 Å². The molecule has 5 rings (SSSR count). The van der Waals surface area contributed by atoms with Gasteiger partial charge in [-0.3, -0.25) is 9.59 Å². The molecular formula is C21H24N4O2. The Balaban J connectivity index is 1.45. The third kappa shape index (κ3) is 2.93. The van der Waals surface area contributed by atoms with E-state index in [-0.39, 0.29) is 17.9 Å². The first-order valence-electron chi connectivity index (χ1n) is 10.00. The third-order valence-electron chi connectivity index (χ3n) is 5.87. The van der Waals surface area contributed by atoms with Crippen molar-refractivity contribution >= 4 is 11.8 Å². The molecule has 1 aromatic carbocycles. The van der Waals surface area contributed by atoms with Gasteiger partial charge in [0.05, 0.1) is 5.69 Å². The zero-order valence-electron chi connectivity index (χ0n) is 15.4. The average molecular weight is 364 g/mol. The average Bonchev–Trinajstić information content (AvgIpc) is 3.11. The highest BCUT2D eigenvalue weighted by Crippen LogP contribution is 2.30. The first-order chi connectivity index (χ1) is 13.2. The topological polar surface area (TPSA) is 67.2 Å². The Bertz CT molecular complexity index is 885. The van der Waals surface area contributed by atoms with E-state index in [4.69, 9.17) is 5.10 Å². The highest BCUT2D eigenvalue weighted by atomic mass is 16.2. The van der Waals surface area contributed by atoms with E-state index in [2.05, 4.69) is 5.32 Å². The second kappa shape index (κ2) is 6.51. The monoisotopic (exact) mass is 364 g/mol. The minimum absolute atomic E-state index is 0.00230. The number of rotatable bonds is 4. The Morgan fingerprint density at radius 1 is 1.04 bits per heavy atom. The molecule has 6 heteroatoms. The highest BCUT2D eigenvalue weighted by molar-refractivity contribution is 5.98. The summed E-state index contributed by atoms with van der Waals surface area (Å²) in [6.07, 6.45) is 6.60. The van der Waals surface area contributed by atoms with Crippen LogP contribution in [-0.2, 0) is 17.6 Å². The van der Waals surface area contributed by atoms with E-state index in [1.807, 2.05) is 35.0 Å². The molecule has 1 aliphatic heterocycles. The maximum atomic E-state index is 13.3. The summed E-state index contributed by atoms with van der Waals surface area (Å²) in [6, 6.07) is 9.95. The number of nitrogens with one attached hydrogen (secondary N) is 1. The first-order valence-corrected chi connectivity index (χ1v) is 10.00. The van der Waals surface area contributed by atoms with E-state index in [9.17, 15) is 9.59 Å². The molecule has 0 bridgehead atoms. The number of likely N-dealkylation sites (tertiary alicyclic amines) is 1. The highest BCUT2D eigenvalue weighted by Gasteiger charge is 2.39. The molecule has 27 heavy (non-hydrogen) atoms. The molecule has 2 aliphatic carbocycles. The van der Waals surface area contributed by atoms with E-state index in [0.717, 1.165) is 61.9 Å². The fourth-order valence-electron chi connectivity index (χ4n) is 4.34. The molecule has 3 aliphatic rings. The zero-order chi connectivity index (χ0) is 18.4. The van der Waals surface area contributed by atoms with Gasteiger partial charge in [-0.25, -0.2) is 4.68 Å². The summed E-state index contributed by atoms with van der Waals surface area (Å²) in [4.78, 5) is 27.7. The number of hydrogen-bond acceptors (Lipinski definition) is 3. The maximum Gasteiger partial charge on any atom is 0.275 e. The Morgan fingerprint density at radius 2 is 1.85 bits per heavy atom. The number of fused-ring (bicyclic) bond motifs is 1. The molecule has 2 fully saturated rings. The van der Waals surface area contributed by atoms with Crippen LogP contribution >= 0.6 is 0 Å². The summed E-state index contributed by atoms with van der Waals surface area (Å²) in [5, 5.41) is 7.76. The van der Waals surface area contributed by atoms with E-state index >= 15 is 0 Å². The molecule has 2 aromatic rings. The van der Waals surface area contributed by atoms with Crippen LogP contribution in [0.15, 0.2) is 30.3 Å². The molecule has 1 aromatic heterocycles. The molecule has 140 valence electrons. The van der Waals surface area contributed by atoms with Gasteiger partial charge in [0.15, 0.2) is 5.69 Å². The summed E-state index contributed by atoms with van der Waals surface area (Å²) in [6.45, 7) is 0.633. The SMILES string of the molecule is O=C(NC1CC1)[C@@H]1CCCN1C(=O)c1nn(-c2ccccc2)c2c1CCC2. The lowest BCUT2D eigenvalue weighted by Crippen LogP contribution is -2.46. The van der Waals surface area contributed by atoms with Crippen LogP contribution in [0.5, 0.6) is 0 Å². The Labute approximate surface area is 158 Å². The minimum Gasteiger partial charge on any atom is -0.352 e. The molecule has 6 nitrogen and oxygen atoms in total. The summed E-state index contributed by atoms with van der Waals surface area (Å²) in [5.74, 6) is -0.0845. The number of benzene rings is 1. The normalized spacial score (nSPS) is 21.3. The summed E-state index contributed by atoms with van der Waals surface area (Å²) in [7, 11) is 0. The van der Waals surface area contributed by atoms with Crippen molar-refractivity contribution in [3.63, 3.8) is 0 Å². The molecule has 0 spiro atoms. The molecular weight excluding hydrogens is 340 g/mol. The van der Waals surface area contributed by atoms with E-state index in [0.29, 0.717) is 18.3 Å². The lowest BCUT2D eigenvalue weighted by atomic mass is 10.1. The van der Waals surface area contributed by atoms with Crippen molar-refractivity contribution in [1.82, 2.24) is 20.0 Å². The van der Waals surface area contributed by atoms with Gasteiger partial charge < -0.3 is 10.2 Å². The van der Waals surface area contributed by atoms with Crippen molar-refractivity contribution in [2.45, 2.75) is 57.0 Å². The van der Waals surface area contributed by atoms with Crippen LogP contribution in [0, 0.1) is 0 Å². The number of carbonyl (C=O) groups is 2. The second-order valence-corrected chi connectivity index (χ2v) is 7.81. The third-order valence-corrected chi connectivity index (χ3v) is 5.87. The van der Waals surface area contributed by atoms with Crippen molar-refractivity contribution in [3.8, 4) is 5.69 Å². The summed E-state index contributed by atoms with van der Waals surface area (Å²) < 4.78 is 1.92. The van der Waals surface area contributed by atoms with Crippen LogP contribution in [-0.4, -0.2) is 45.1 Å². The molecule has 2 heterocycles. The smallest absolute Gasteiger partial charge is 0.275 e. The van der Waals surface area contributed by atoms with Gasteiger partial charge >= 0.3 is 0 Å². The van der Waals surface area contributed by atoms with Gasteiger partial charge in [0, 0.05) is 23.8 Å². The molecule has 1 atom stereocenters. The number of aromatic nitrogens is 2. The van der Waals surface area contributed by atoms with Crippen molar-refractivity contribution in [2.24, 2.45) is 0 Å². The fraction of sp³-hybridized carbons (Fsp3) is 0.476. The predicted molar refractivity (Wildman–Crippen MR) is 101 cm³/mol. The number of hydrogen-bond donors (Lipinski definition) is 1. The quantitative estimate of drug-likeness (QED) is 0.905.